The zero-order valence-electron chi connectivity index (χ0n) is 11.9. The van der Waals surface area contributed by atoms with Crippen molar-refractivity contribution in [2.45, 2.75) is 77.6 Å². The predicted octanol–water partition coefficient (Wildman–Crippen LogP) is 5.00. The lowest BCUT2D eigenvalue weighted by Crippen LogP contribution is -2.25. The molecule has 2 fully saturated rings. The highest BCUT2D eigenvalue weighted by molar-refractivity contribution is 5.84. The SMILES string of the molecule is CCCC[C@H]1CC[C@H](C2CCC(=NO)CC2)CC1. The third-order valence-corrected chi connectivity index (χ3v) is 5.27. The number of oxime groups is 1. The van der Waals surface area contributed by atoms with Crippen LogP contribution in [0.4, 0.5) is 0 Å². The molecule has 2 aliphatic rings. The normalized spacial score (nSPS) is 33.4. The van der Waals surface area contributed by atoms with Gasteiger partial charge < -0.3 is 5.21 Å². The molecule has 2 nitrogen and oxygen atoms in total. The molecule has 0 aromatic rings. The lowest BCUT2D eigenvalue weighted by molar-refractivity contribution is 0.178. The van der Waals surface area contributed by atoms with Crippen molar-refractivity contribution in [1.82, 2.24) is 0 Å². The lowest BCUT2D eigenvalue weighted by atomic mass is 9.70. The Labute approximate surface area is 112 Å². The van der Waals surface area contributed by atoms with Crippen LogP contribution in [0.15, 0.2) is 5.16 Å². The zero-order valence-corrected chi connectivity index (χ0v) is 11.9. The van der Waals surface area contributed by atoms with Gasteiger partial charge in [-0.05, 0) is 56.3 Å². The molecule has 0 aromatic heterocycles. The van der Waals surface area contributed by atoms with Crippen molar-refractivity contribution >= 4 is 5.71 Å². The highest BCUT2D eigenvalue weighted by atomic mass is 16.4. The average molecular weight is 251 g/mol. The molecule has 0 radical (unpaired) electrons. The van der Waals surface area contributed by atoms with E-state index in [0.717, 1.165) is 36.3 Å². The van der Waals surface area contributed by atoms with Crippen LogP contribution in [0.1, 0.15) is 77.6 Å². The summed E-state index contributed by atoms with van der Waals surface area (Å²) in [5, 5.41) is 12.2. The fraction of sp³-hybridized carbons (Fsp3) is 0.938. The molecule has 1 N–H and O–H groups in total. The Bertz CT molecular complexity index is 256. The fourth-order valence-corrected chi connectivity index (χ4v) is 3.99. The molecule has 0 bridgehead atoms. The number of unbranched alkanes of at least 4 members (excludes halogenated alkanes) is 1. The van der Waals surface area contributed by atoms with Crippen LogP contribution in [-0.4, -0.2) is 10.9 Å². The average Bonchev–Trinajstić information content (AvgIpc) is 2.46. The fourth-order valence-electron chi connectivity index (χ4n) is 3.99. The summed E-state index contributed by atoms with van der Waals surface area (Å²) >= 11 is 0. The molecule has 0 atom stereocenters. The van der Waals surface area contributed by atoms with Gasteiger partial charge in [-0.25, -0.2) is 0 Å². The van der Waals surface area contributed by atoms with E-state index in [2.05, 4.69) is 12.1 Å². The van der Waals surface area contributed by atoms with Gasteiger partial charge in [0.1, 0.15) is 0 Å². The summed E-state index contributed by atoms with van der Waals surface area (Å²) in [6.07, 6.45) is 14.7. The summed E-state index contributed by atoms with van der Waals surface area (Å²) in [4.78, 5) is 0. The van der Waals surface area contributed by atoms with Crippen LogP contribution in [0.25, 0.3) is 0 Å². The smallest absolute Gasteiger partial charge is 0.0571 e. The van der Waals surface area contributed by atoms with Crippen LogP contribution in [0, 0.1) is 17.8 Å². The second-order valence-corrected chi connectivity index (χ2v) is 6.43. The molecule has 0 aliphatic heterocycles. The molecule has 2 aliphatic carbocycles. The van der Waals surface area contributed by atoms with Gasteiger partial charge in [0.25, 0.3) is 0 Å². The number of hydrogen-bond donors (Lipinski definition) is 1. The minimum absolute atomic E-state index is 0.919. The maximum absolute atomic E-state index is 8.79. The van der Waals surface area contributed by atoms with Crippen molar-refractivity contribution in [3.05, 3.63) is 0 Å². The lowest BCUT2D eigenvalue weighted by Gasteiger charge is -2.36. The minimum Gasteiger partial charge on any atom is -0.411 e. The van der Waals surface area contributed by atoms with Gasteiger partial charge in [-0.1, -0.05) is 44.2 Å². The van der Waals surface area contributed by atoms with Crippen molar-refractivity contribution < 1.29 is 5.21 Å². The van der Waals surface area contributed by atoms with Crippen LogP contribution in [0.2, 0.25) is 0 Å². The summed E-state index contributed by atoms with van der Waals surface area (Å²) < 4.78 is 0. The Morgan fingerprint density at radius 2 is 1.61 bits per heavy atom. The first-order valence-electron chi connectivity index (χ1n) is 8.03. The van der Waals surface area contributed by atoms with E-state index in [0.29, 0.717) is 0 Å². The summed E-state index contributed by atoms with van der Waals surface area (Å²) in [5.41, 5.74) is 1.03. The first-order valence-corrected chi connectivity index (χ1v) is 8.03. The number of nitrogens with zero attached hydrogens (tertiary/aromatic N) is 1. The van der Waals surface area contributed by atoms with Gasteiger partial charge in [0, 0.05) is 0 Å². The Morgan fingerprint density at radius 1 is 1.00 bits per heavy atom. The summed E-state index contributed by atoms with van der Waals surface area (Å²) in [6.45, 7) is 2.30. The van der Waals surface area contributed by atoms with Gasteiger partial charge in [0.2, 0.25) is 0 Å². The molecule has 0 saturated heterocycles. The van der Waals surface area contributed by atoms with Crippen LogP contribution < -0.4 is 0 Å². The minimum atomic E-state index is 0.919. The van der Waals surface area contributed by atoms with Gasteiger partial charge >= 0.3 is 0 Å². The van der Waals surface area contributed by atoms with E-state index in [1.165, 1.54) is 57.8 Å². The van der Waals surface area contributed by atoms with E-state index in [-0.39, 0.29) is 0 Å². The molecule has 0 spiro atoms. The molecule has 2 rings (SSSR count). The van der Waals surface area contributed by atoms with Crippen molar-refractivity contribution in [2.24, 2.45) is 22.9 Å². The van der Waals surface area contributed by atoms with Gasteiger partial charge in [0.15, 0.2) is 0 Å². The highest BCUT2D eigenvalue weighted by Gasteiger charge is 2.29. The van der Waals surface area contributed by atoms with E-state index in [1.54, 1.807) is 0 Å². The molecule has 0 amide bonds. The second-order valence-electron chi connectivity index (χ2n) is 6.43. The third kappa shape index (κ3) is 3.73. The highest BCUT2D eigenvalue weighted by Crippen LogP contribution is 2.40. The molecule has 2 saturated carbocycles. The monoisotopic (exact) mass is 251 g/mol. The zero-order chi connectivity index (χ0) is 12.8. The van der Waals surface area contributed by atoms with E-state index in [4.69, 9.17) is 5.21 Å². The standard InChI is InChI=1S/C16H29NO/c1-2-3-4-13-5-7-14(8-6-13)15-9-11-16(17-18)12-10-15/h13-15,18H,2-12H2,1H3/t13-,14-,15?. The number of hydrogen-bond acceptors (Lipinski definition) is 2. The van der Waals surface area contributed by atoms with Gasteiger partial charge in [0.05, 0.1) is 5.71 Å². The van der Waals surface area contributed by atoms with E-state index in [1.807, 2.05) is 0 Å². The van der Waals surface area contributed by atoms with Crippen molar-refractivity contribution in [3.63, 3.8) is 0 Å². The van der Waals surface area contributed by atoms with Gasteiger partial charge in [-0.3, -0.25) is 0 Å². The second kappa shape index (κ2) is 7.16. The molecule has 0 unspecified atom stereocenters. The van der Waals surface area contributed by atoms with E-state index >= 15 is 0 Å². The first kappa shape index (κ1) is 13.9. The molecular weight excluding hydrogens is 222 g/mol. The van der Waals surface area contributed by atoms with Gasteiger partial charge in [-0.2, -0.15) is 0 Å². The maximum atomic E-state index is 8.79. The molecule has 0 aromatic carbocycles. The van der Waals surface area contributed by atoms with Crippen molar-refractivity contribution in [3.8, 4) is 0 Å². The Kier molecular flexibility index (Phi) is 5.52. The summed E-state index contributed by atoms with van der Waals surface area (Å²) in [6, 6.07) is 0. The Balaban J connectivity index is 1.70. The summed E-state index contributed by atoms with van der Waals surface area (Å²) in [5.74, 6) is 2.92. The van der Waals surface area contributed by atoms with Crippen LogP contribution in [0.5, 0.6) is 0 Å². The topological polar surface area (TPSA) is 32.6 Å². The molecule has 0 heterocycles. The van der Waals surface area contributed by atoms with E-state index < -0.39 is 0 Å². The Hall–Kier alpha value is -0.530. The maximum Gasteiger partial charge on any atom is 0.0571 e. The third-order valence-electron chi connectivity index (χ3n) is 5.27. The summed E-state index contributed by atoms with van der Waals surface area (Å²) in [7, 11) is 0. The first-order chi connectivity index (χ1) is 8.83. The van der Waals surface area contributed by atoms with E-state index in [9.17, 15) is 0 Å². The van der Waals surface area contributed by atoms with Crippen molar-refractivity contribution in [2.75, 3.05) is 0 Å². The van der Waals surface area contributed by atoms with Crippen LogP contribution in [-0.2, 0) is 0 Å². The Morgan fingerprint density at radius 3 is 2.17 bits per heavy atom. The molecular formula is C16H29NO. The van der Waals surface area contributed by atoms with Gasteiger partial charge in [-0.15, -0.1) is 0 Å². The molecule has 104 valence electrons. The number of rotatable bonds is 4. The molecule has 18 heavy (non-hydrogen) atoms. The molecule has 2 heteroatoms. The van der Waals surface area contributed by atoms with Crippen LogP contribution in [0.3, 0.4) is 0 Å². The van der Waals surface area contributed by atoms with Crippen LogP contribution >= 0.6 is 0 Å². The quantitative estimate of drug-likeness (QED) is 0.553. The largest absolute Gasteiger partial charge is 0.411 e. The van der Waals surface area contributed by atoms with Crippen molar-refractivity contribution in [1.29, 1.82) is 0 Å². The predicted molar refractivity (Wildman–Crippen MR) is 76.2 cm³/mol.